The van der Waals surface area contributed by atoms with Gasteiger partial charge in [0.25, 0.3) is 0 Å². The highest BCUT2D eigenvalue weighted by atomic mass is 15.0. The van der Waals surface area contributed by atoms with E-state index in [1.54, 1.807) is 0 Å². The summed E-state index contributed by atoms with van der Waals surface area (Å²) < 4.78 is 0. The van der Waals surface area contributed by atoms with Gasteiger partial charge in [-0.1, -0.05) is 182 Å². The molecule has 2 aliphatic carbocycles. The van der Waals surface area contributed by atoms with Crippen molar-refractivity contribution in [3.05, 3.63) is 210 Å². The first-order chi connectivity index (χ1) is 28.3. The van der Waals surface area contributed by atoms with Crippen molar-refractivity contribution >= 4 is 43.1 Å². The Morgan fingerprint density at radius 3 is 1.58 bits per heavy atom. The molecule has 0 bridgehead atoms. The lowest BCUT2D eigenvalue weighted by Gasteiger charge is -2.31. The first-order valence-corrected chi connectivity index (χ1v) is 19.6. The predicted molar refractivity (Wildman–Crippen MR) is 234 cm³/mol. The van der Waals surface area contributed by atoms with E-state index in [0.29, 0.717) is 17.5 Å². The second kappa shape index (κ2) is 11.3. The second-order valence-corrected chi connectivity index (χ2v) is 15.4. The fourth-order valence-electron chi connectivity index (χ4n) is 10.4. The molecule has 0 saturated heterocycles. The number of hydrogen-bond donors (Lipinski definition) is 0. The molecule has 1 spiro atoms. The fraction of sp³-hybridized carbons (Fsp3) is 0.0185. The van der Waals surface area contributed by atoms with E-state index in [1.165, 1.54) is 82.0 Å². The molecule has 1 atom stereocenters. The Bertz CT molecular complexity index is 3400. The monoisotopic (exact) mass is 721 g/mol. The summed E-state index contributed by atoms with van der Waals surface area (Å²) in [5.74, 6) is 1.96. The highest BCUT2D eigenvalue weighted by Gasteiger charge is 2.51. The zero-order valence-corrected chi connectivity index (χ0v) is 30.7. The molecule has 2 aliphatic rings. The summed E-state index contributed by atoms with van der Waals surface area (Å²) in [6, 6.07) is 68.3. The Morgan fingerprint density at radius 1 is 0.298 bits per heavy atom. The molecule has 0 amide bonds. The lowest BCUT2D eigenvalue weighted by Crippen LogP contribution is -2.26. The van der Waals surface area contributed by atoms with Crippen molar-refractivity contribution in [1.29, 1.82) is 0 Å². The van der Waals surface area contributed by atoms with Gasteiger partial charge in [0.15, 0.2) is 17.5 Å². The van der Waals surface area contributed by atoms with E-state index in [0.717, 1.165) is 22.3 Å². The predicted octanol–water partition coefficient (Wildman–Crippen LogP) is 13.3. The Kier molecular flexibility index (Phi) is 6.10. The lowest BCUT2D eigenvalue weighted by atomic mass is 9.70. The average Bonchev–Trinajstić information content (AvgIpc) is 3.77. The van der Waals surface area contributed by atoms with Gasteiger partial charge in [-0.15, -0.1) is 0 Å². The van der Waals surface area contributed by atoms with Crippen LogP contribution in [0, 0.1) is 0 Å². The van der Waals surface area contributed by atoms with Gasteiger partial charge in [0.1, 0.15) is 0 Å². The van der Waals surface area contributed by atoms with Gasteiger partial charge < -0.3 is 0 Å². The van der Waals surface area contributed by atoms with E-state index < -0.39 is 5.41 Å². The van der Waals surface area contributed by atoms with Gasteiger partial charge in [0.2, 0.25) is 0 Å². The van der Waals surface area contributed by atoms with Crippen molar-refractivity contribution in [2.45, 2.75) is 5.41 Å². The van der Waals surface area contributed by atoms with Gasteiger partial charge in [0, 0.05) is 16.7 Å². The van der Waals surface area contributed by atoms with Gasteiger partial charge in [0.05, 0.1) is 5.41 Å². The van der Waals surface area contributed by atoms with Crippen LogP contribution < -0.4 is 0 Å². The SMILES string of the molecule is c1ccc(-c2nc(-c3ccccc3)nc(-c3cccc(-c4cccc5c4-c4ccccc4C54c5cccc6c7cccc8ccc9ccc4c(c56)c9c87)c3)n2)cc1. The van der Waals surface area contributed by atoms with Crippen LogP contribution in [0.2, 0.25) is 0 Å². The van der Waals surface area contributed by atoms with Crippen molar-refractivity contribution < 1.29 is 0 Å². The first kappa shape index (κ1) is 30.8. The van der Waals surface area contributed by atoms with Crippen LogP contribution in [0.4, 0.5) is 0 Å². The van der Waals surface area contributed by atoms with Crippen molar-refractivity contribution in [3.8, 4) is 56.4 Å². The molecule has 10 aromatic carbocycles. The number of fused-ring (bicyclic) bond motifs is 8. The molecule has 1 unspecified atom stereocenters. The van der Waals surface area contributed by atoms with Crippen LogP contribution in [0.5, 0.6) is 0 Å². The second-order valence-electron chi connectivity index (χ2n) is 15.4. The van der Waals surface area contributed by atoms with Crippen LogP contribution in [-0.4, -0.2) is 15.0 Å². The minimum Gasteiger partial charge on any atom is -0.208 e. The molecule has 13 rings (SSSR count). The fourth-order valence-corrected chi connectivity index (χ4v) is 10.4. The van der Waals surface area contributed by atoms with Crippen LogP contribution in [0.25, 0.3) is 99.5 Å². The van der Waals surface area contributed by atoms with Crippen LogP contribution in [0.15, 0.2) is 188 Å². The number of aromatic nitrogens is 3. The van der Waals surface area contributed by atoms with Gasteiger partial charge in [-0.05, 0) is 93.7 Å². The third kappa shape index (κ3) is 4.02. The summed E-state index contributed by atoms with van der Waals surface area (Å²) in [6.45, 7) is 0. The van der Waals surface area contributed by atoms with Crippen LogP contribution >= 0.6 is 0 Å². The van der Waals surface area contributed by atoms with E-state index in [4.69, 9.17) is 15.0 Å². The first-order valence-electron chi connectivity index (χ1n) is 19.6. The summed E-state index contributed by atoms with van der Waals surface area (Å²) in [4.78, 5) is 15.1. The summed E-state index contributed by atoms with van der Waals surface area (Å²) in [5.41, 5.74) is 12.7. The topological polar surface area (TPSA) is 38.7 Å². The Morgan fingerprint density at radius 2 is 0.807 bits per heavy atom. The summed E-state index contributed by atoms with van der Waals surface area (Å²) in [5, 5.41) is 10.8. The van der Waals surface area contributed by atoms with Gasteiger partial charge >= 0.3 is 0 Å². The molecule has 0 radical (unpaired) electrons. The summed E-state index contributed by atoms with van der Waals surface area (Å²) >= 11 is 0. The minimum atomic E-state index is -0.456. The molecule has 57 heavy (non-hydrogen) atoms. The molecule has 0 N–H and O–H groups in total. The van der Waals surface area contributed by atoms with Crippen molar-refractivity contribution in [2.75, 3.05) is 0 Å². The van der Waals surface area contributed by atoms with E-state index in [2.05, 4.69) is 152 Å². The number of rotatable bonds is 4. The number of nitrogens with zero attached hydrogens (tertiary/aromatic N) is 3. The zero-order chi connectivity index (χ0) is 37.2. The molecular weight excluding hydrogens is 691 g/mol. The standard InChI is InChI=1S/C54H31N3/c1-3-13-34(14-4-1)51-55-52(35-15-5-2-6-16-35)57-53(56-51)37-19-9-18-36(31-37)38-21-11-25-43-48(38)41-20-7-8-24-42(41)54(43)44-26-12-23-40-39-22-10-17-32-27-28-33-29-30-45(54)50(49(40)44)47(33)46(32)39/h1-31H. The maximum Gasteiger partial charge on any atom is 0.164 e. The molecule has 3 heteroatoms. The van der Waals surface area contributed by atoms with Crippen molar-refractivity contribution in [2.24, 2.45) is 0 Å². The lowest BCUT2D eigenvalue weighted by molar-refractivity contribution is 0.797. The maximum absolute atomic E-state index is 5.08. The maximum atomic E-state index is 5.08. The molecule has 11 aromatic rings. The number of benzene rings is 10. The zero-order valence-electron chi connectivity index (χ0n) is 30.7. The third-order valence-electron chi connectivity index (χ3n) is 12.6. The van der Waals surface area contributed by atoms with Crippen LogP contribution in [0.3, 0.4) is 0 Å². The van der Waals surface area contributed by atoms with E-state index in [9.17, 15) is 0 Å². The molecule has 0 saturated carbocycles. The quantitative estimate of drug-likeness (QED) is 0.134. The third-order valence-corrected chi connectivity index (χ3v) is 12.6. The normalized spacial score (nSPS) is 15.1. The largest absolute Gasteiger partial charge is 0.208 e. The molecule has 262 valence electrons. The average molecular weight is 722 g/mol. The highest BCUT2D eigenvalue weighted by molar-refractivity contribution is 6.36. The van der Waals surface area contributed by atoms with E-state index >= 15 is 0 Å². The van der Waals surface area contributed by atoms with Crippen molar-refractivity contribution in [3.63, 3.8) is 0 Å². The van der Waals surface area contributed by atoms with E-state index in [1.807, 2.05) is 36.4 Å². The van der Waals surface area contributed by atoms with Gasteiger partial charge in [-0.3, -0.25) is 0 Å². The smallest absolute Gasteiger partial charge is 0.164 e. The summed E-state index contributed by atoms with van der Waals surface area (Å²) in [6.07, 6.45) is 0. The molecule has 0 aliphatic heterocycles. The Labute approximate surface area is 328 Å². The summed E-state index contributed by atoms with van der Waals surface area (Å²) in [7, 11) is 0. The minimum absolute atomic E-state index is 0.456. The molecule has 0 fully saturated rings. The molecule has 1 aromatic heterocycles. The van der Waals surface area contributed by atoms with Gasteiger partial charge in [-0.2, -0.15) is 0 Å². The van der Waals surface area contributed by atoms with Crippen molar-refractivity contribution in [1.82, 2.24) is 15.0 Å². The number of hydrogen-bond acceptors (Lipinski definition) is 3. The Balaban J connectivity index is 1.06. The molecule has 1 heterocycles. The van der Waals surface area contributed by atoms with Crippen LogP contribution in [0.1, 0.15) is 22.3 Å². The Hall–Kier alpha value is -7.49. The highest BCUT2D eigenvalue weighted by Crippen LogP contribution is 2.64. The molecule has 3 nitrogen and oxygen atoms in total. The van der Waals surface area contributed by atoms with E-state index in [-0.39, 0.29) is 0 Å². The van der Waals surface area contributed by atoms with Crippen LogP contribution in [-0.2, 0) is 5.41 Å². The van der Waals surface area contributed by atoms with Gasteiger partial charge in [-0.25, -0.2) is 15.0 Å². The molecular formula is C54H31N3.